The van der Waals surface area contributed by atoms with Crippen LogP contribution < -0.4 is 10.7 Å². The summed E-state index contributed by atoms with van der Waals surface area (Å²) in [5, 5.41) is 13.2. The number of ether oxygens (including phenoxy) is 1. The van der Waals surface area contributed by atoms with E-state index in [9.17, 15) is 23.9 Å². The molecule has 1 saturated heterocycles. The van der Waals surface area contributed by atoms with Crippen molar-refractivity contribution in [3.05, 3.63) is 63.3 Å². The van der Waals surface area contributed by atoms with Gasteiger partial charge >= 0.3 is 0 Å². The van der Waals surface area contributed by atoms with Crippen LogP contribution in [0.1, 0.15) is 46.7 Å². The fourth-order valence-electron chi connectivity index (χ4n) is 4.43. The Balaban J connectivity index is 1.56. The SMILES string of the molecule is CC(C)OCCN1CCCN2C(=O)c3c(O)c(=O)c(C(=O)NCc4ccc(F)cc4)cn3CC12. The number of benzene rings is 1. The zero-order valence-electron chi connectivity index (χ0n) is 19.3. The Labute approximate surface area is 196 Å². The zero-order valence-corrected chi connectivity index (χ0v) is 19.3. The molecule has 1 aromatic heterocycles. The molecule has 1 atom stereocenters. The quantitative estimate of drug-likeness (QED) is 0.634. The summed E-state index contributed by atoms with van der Waals surface area (Å²) in [4.78, 5) is 42.5. The maximum absolute atomic E-state index is 13.2. The van der Waals surface area contributed by atoms with Crippen molar-refractivity contribution in [2.75, 3.05) is 26.2 Å². The minimum absolute atomic E-state index is 0.0834. The van der Waals surface area contributed by atoms with Crippen molar-refractivity contribution < 1.29 is 23.8 Å². The highest BCUT2D eigenvalue weighted by Gasteiger charge is 2.40. The Hall–Kier alpha value is -3.24. The van der Waals surface area contributed by atoms with E-state index in [-0.39, 0.29) is 35.9 Å². The van der Waals surface area contributed by atoms with Crippen LogP contribution in [0.2, 0.25) is 0 Å². The van der Waals surface area contributed by atoms with E-state index in [2.05, 4.69) is 10.2 Å². The monoisotopic (exact) mass is 472 g/mol. The molecule has 182 valence electrons. The molecule has 2 aliphatic rings. The Morgan fingerprint density at radius 3 is 2.68 bits per heavy atom. The number of rotatable bonds is 7. The molecule has 2 aromatic rings. The number of hydrogen-bond donors (Lipinski definition) is 2. The van der Waals surface area contributed by atoms with Crippen LogP contribution in [0.25, 0.3) is 0 Å². The first-order chi connectivity index (χ1) is 16.3. The number of halogens is 1. The van der Waals surface area contributed by atoms with Crippen LogP contribution in [0.3, 0.4) is 0 Å². The number of carbonyl (C=O) groups is 2. The second-order valence-corrected chi connectivity index (χ2v) is 8.82. The fourth-order valence-corrected chi connectivity index (χ4v) is 4.43. The number of amides is 2. The van der Waals surface area contributed by atoms with Crippen molar-refractivity contribution in [2.45, 2.75) is 45.6 Å². The van der Waals surface area contributed by atoms with Crippen molar-refractivity contribution >= 4 is 11.8 Å². The molecule has 0 saturated carbocycles. The molecule has 34 heavy (non-hydrogen) atoms. The van der Waals surface area contributed by atoms with Crippen LogP contribution in [0, 0.1) is 5.82 Å². The number of aromatic hydroxyl groups is 1. The van der Waals surface area contributed by atoms with Crippen molar-refractivity contribution in [1.29, 1.82) is 0 Å². The molecule has 9 nitrogen and oxygen atoms in total. The number of aromatic nitrogens is 1. The Morgan fingerprint density at radius 2 is 1.97 bits per heavy atom. The number of pyridine rings is 1. The van der Waals surface area contributed by atoms with E-state index in [1.807, 2.05) is 13.8 Å². The largest absolute Gasteiger partial charge is 0.503 e. The fraction of sp³-hybridized carbons (Fsp3) is 0.458. The van der Waals surface area contributed by atoms with E-state index >= 15 is 0 Å². The third-order valence-electron chi connectivity index (χ3n) is 6.15. The highest BCUT2D eigenvalue weighted by molar-refractivity contribution is 5.99. The van der Waals surface area contributed by atoms with E-state index in [0.717, 1.165) is 13.0 Å². The first-order valence-electron chi connectivity index (χ1n) is 11.4. The van der Waals surface area contributed by atoms with Crippen LogP contribution in [-0.2, 0) is 17.8 Å². The Kier molecular flexibility index (Phi) is 6.99. The lowest BCUT2D eigenvalue weighted by atomic mass is 10.1. The highest BCUT2D eigenvalue weighted by Crippen LogP contribution is 2.27. The second-order valence-electron chi connectivity index (χ2n) is 8.82. The summed E-state index contributed by atoms with van der Waals surface area (Å²) in [6.07, 6.45) is 1.96. The standard InChI is InChI=1S/C24H29FN4O5/c1-15(2)34-11-10-27-8-3-9-29-19(27)14-28-13-18(21(30)22(31)20(28)24(29)33)23(32)26-12-16-4-6-17(25)7-5-16/h4-7,13,15,19,31H,3,8-12,14H2,1-2H3,(H,26,32). The molecular formula is C24H29FN4O5. The maximum Gasteiger partial charge on any atom is 0.275 e. The van der Waals surface area contributed by atoms with Gasteiger partial charge in [-0.3, -0.25) is 19.3 Å². The van der Waals surface area contributed by atoms with Crippen LogP contribution in [0.5, 0.6) is 5.75 Å². The van der Waals surface area contributed by atoms with Crippen molar-refractivity contribution in [2.24, 2.45) is 0 Å². The lowest BCUT2D eigenvalue weighted by Crippen LogP contribution is -2.61. The Morgan fingerprint density at radius 1 is 1.24 bits per heavy atom. The first-order valence-corrected chi connectivity index (χ1v) is 11.4. The van der Waals surface area contributed by atoms with Gasteiger partial charge in [-0.05, 0) is 38.0 Å². The predicted octanol–water partition coefficient (Wildman–Crippen LogP) is 1.54. The van der Waals surface area contributed by atoms with Crippen LogP contribution in [0.15, 0.2) is 35.3 Å². The average Bonchev–Trinajstić information content (AvgIpc) is 2.81. The smallest absolute Gasteiger partial charge is 0.275 e. The number of nitrogens with zero attached hydrogens (tertiary/aromatic N) is 3. The Bertz CT molecular complexity index is 1130. The third kappa shape index (κ3) is 4.83. The average molecular weight is 473 g/mol. The predicted molar refractivity (Wildman–Crippen MR) is 122 cm³/mol. The first kappa shape index (κ1) is 23.9. The van der Waals surface area contributed by atoms with Gasteiger partial charge in [0.1, 0.15) is 17.5 Å². The second kappa shape index (κ2) is 9.94. The summed E-state index contributed by atoms with van der Waals surface area (Å²) in [7, 11) is 0. The summed E-state index contributed by atoms with van der Waals surface area (Å²) < 4.78 is 20.3. The van der Waals surface area contributed by atoms with Crippen molar-refractivity contribution in [1.82, 2.24) is 19.7 Å². The molecule has 1 aromatic carbocycles. The summed E-state index contributed by atoms with van der Waals surface area (Å²) in [6, 6.07) is 5.61. The molecule has 2 amide bonds. The van der Waals surface area contributed by atoms with E-state index in [4.69, 9.17) is 4.74 Å². The summed E-state index contributed by atoms with van der Waals surface area (Å²) in [6.45, 7) is 6.81. The van der Waals surface area contributed by atoms with Gasteiger partial charge in [0.15, 0.2) is 11.4 Å². The molecular weight excluding hydrogens is 443 g/mol. The normalized spacial score (nSPS) is 18.1. The van der Waals surface area contributed by atoms with E-state index in [1.165, 1.54) is 35.0 Å². The molecule has 0 aliphatic carbocycles. The topological polar surface area (TPSA) is 104 Å². The molecule has 0 spiro atoms. The van der Waals surface area contributed by atoms with Gasteiger partial charge in [0.2, 0.25) is 5.43 Å². The van der Waals surface area contributed by atoms with Gasteiger partial charge in [-0.15, -0.1) is 0 Å². The number of nitrogens with one attached hydrogen (secondary N) is 1. The molecule has 0 bridgehead atoms. The molecule has 0 radical (unpaired) electrons. The molecule has 1 unspecified atom stereocenters. The van der Waals surface area contributed by atoms with E-state index < -0.39 is 23.0 Å². The van der Waals surface area contributed by atoms with Crippen LogP contribution in [-0.4, -0.2) is 69.8 Å². The molecule has 4 rings (SSSR count). The van der Waals surface area contributed by atoms with Gasteiger partial charge in [-0.25, -0.2) is 4.39 Å². The minimum Gasteiger partial charge on any atom is -0.503 e. The summed E-state index contributed by atoms with van der Waals surface area (Å²) in [5.41, 5.74) is -0.593. The molecule has 2 N–H and O–H groups in total. The third-order valence-corrected chi connectivity index (χ3v) is 6.15. The molecule has 1 fully saturated rings. The maximum atomic E-state index is 13.2. The molecule has 10 heteroatoms. The molecule has 3 heterocycles. The van der Waals surface area contributed by atoms with Crippen molar-refractivity contribution in [3.8, 4) is 5.75 Å². The summed E-state index contributed by atoms with van der Waals surface area (Å²) in [5.74, 6) is -2.23. The van der Waals surface area contributed by atoms with Gasteiger partial charge in [0.25, 0.3) is 11.8 Å². The van der Waals surface area contributed by atoms with Gasteiger partial charge < -0.3 is 24.6 Å². The lowest BCUT2D eigenvalue weighted by molar-refractivity contribution is -0.0279. The van der Waals surface area contributed by atoms with E-state index in [0.29, 0.717) is 31.8 Å². The number of carbonyl (C=O) groups excluding carboxylic acids is 2. The number of hydrogen-bond acceptors (Lipinski definition) is 6. The van der Waals surface area contributed by atoms with E-state index in [1.54, 1.807) is 4.90 Å². The number of fused-ring (bicyclic) bond motifs is 2. The van der Waals surface area contributed by atoms with Crippen molar-refractivity contribution in [3.63, 3.8) is 0 Å². The minimum atomic E-state index is -0.895. The van der Waals surface area contributed by atoms with Gasteiger partial charge in [-0.2, -0.15) is 0 Å². The van der Waals surface area contributed by atoms with Gasteiger partial charge in [-0.1, -0.05) is 12.1 Å². The highest BCUT2D eigenvalue weighted by atomic mass is 19.1. The zero-order chi connectivity index (χ0) is 24.4. The summed E-state index contributed by atoms with van der Waals surface area (Å²) >= 11 is 0. The van der Waals surface area contributed by atoms with Gasteiger partial charge in [0, 0.05) is 32.4 Å². The lowest BCUT2D eigenvalue weighted by Gasteiger charge is -2.47. The molecule has 2 aliphatic heterocycles. The van der Waals surface area contributed by atoms with Gasteiger partial charge in [0.05, 0.1) is 19.3 Å². The van der Waals surface area contributed by atoms with Crippen LogP contribution in [0.4, 0.5) is 4.39 Å². The van der Waals surface area contributed by atoms with Crippen LogP contribution >= 0.6 is 0 Å².